The number of hydrogen-bond donors (Lipinski definition) is 3. The van der Waals surface area contributed by atoms with Gasteiger partial charge < -0.3 is 19.5 Å². The monoisotopic (exact) mass is 485 g/mol. The van der Waals surface area contributed by atoms with Crippen molar-refractivity contribution in [2.24, 2.45) is 5.41 Å². The van der Waals surface area contributed by atoms with Crippen molar-refractivity contribution in [3.63, 3.8) is 0 Å². The summed E-state index contributed by atoms with van der Waals surface area (Å²) in [5, 5.41) is 7.70. The van der Waals surface area contributed by atoms with Gasteiger partial charge in [-0.3, -0.25) is 4.79 Å². The number of aromatic nitrogens is 3. The molecule has 1 saturated carbocycles. The Morgan fingerprint density at radius 1 is 1.11 bits per heavy atom. The molecule has 0 amide bonds. The summed E-state index contributed by atoms with van der Waals surface area (Å²) < 4.78 is 8.78. The second kappa shape index (κ2) is 9.84. The van der Waals surface area contributed by atoms with Crippen LogP contribution in [-0.2, 0) is 0 Å². The first kappa shape index (κ1) is 23.0. The number of hydrogen-bond acceptors (Lipinski definition) is 7. The van der Waals surface area contributed by atoms with Gasteiger partial charge in [0.05, 0.1) is 5.56 Å². The van der Waals surface area contributed by atoms with Gasteiger partial charge in [0, 0.05) is 45.2 Å². The van der Waals surface area contributed by atoms with Crippen LogP contribution in [0.3, 0.4) is 0 Å². The lowest BCUT2D eigenvalue weighted by Gasteiger charge is -2.18. The average Bonchev–Trinajstić information content (AvgIpc) is 3.44. The van der Waals surface area contributed by atoms with Gasteiger partial charge in [-0.2, -0.15) is 4.98 Å². The Morgan fingerprint density at radius 2 is 1.89 bits per heavy atom. The average molecular weight is 486 g/mol. The highest BCUT2D eigenvalue weighted by atomic mass is 32.2. The summed E-state index contributed by atoms with van der Waals surface area (Å²) in [5.74, 6) is 0.854. The van der Waals surface area contributed by atoms with Gasteiger partial charge in [0.2, 0.25) is 11.4 Å². The normalized spacial score (nSPS) is 14.5. The van der Waals surface area contributed by atoms with E-state index < -0.39 is 0 Å². The second-order valence-electron chi connectivity index (χ2n) is 8.89. The van der Waals surface area contributed by atoms with Crippen molar-refractivity contribution in [3.05, 3.63) is 89.0 Å². The molecule has 2 aromatic heterocycles. The minimum Gasteiger partial charge on any atom is -0.359 e. The van der Waals surface area contributed by atoms with Crippen LogP contribution in [0.25, 0.3) is 22.8 Å². The number of nitrogens with one attached hydrogen (secondary N) is 3. The molecule has 5 rings (SSSR count). The minimum atomic E-state index is -0.177. The molecule has 1 aliphatic carbocycles. The van der Waals surface area contributed by atoms with E-state index in [1.54, 1.807) is 24.2 Å². The van der Waals surface area contributed by atoms with Gasteiger partial charge in [0.15, 0.2) is 0 Å². The summed E-state index contributed by atoms with van der Waals surface area (Å²) in [6.45, 7) is 4.50. The van der Waals surface area contributed by atoms with Crippen LogP contribution in [-0.4, -0.2) is 15.1 Å². The van der Waals surface area contributed by atoms with Gasteiger partial charge in [0.1, 0.15) is 0 Å². The topological polar surface area (TPSA) is 95.8 Å². The lowest BCUT2D eigenvalue weighted by atomic mass is 10.0. The number of rotatable bonds is 9. The van der Waals surface area contributed by atoms with E-state index >= 15 is 0 Å². The molecular formula is C27H27N5O2S. The third-order valence-electron chi connectivity index (χ3n) is 6.06. The molecule has 178 valence electrons. The lowest BCUT2D eigenvalue weighted by Crippen LogP contribution is -2.09. The number of allylic oxidation sites excluding steroid dienone is 2. The quantitative estimate of drug-likeness (QED) is 0.227. The third kappa shape index (κ3) is 5.49. The highest BCUT2D eigenvalue weighted by molar-refractivity contribution is 8.00. The van der Waals surface area contributed by atoms with E-state index in [9.17, 15) is 4.79 Å². The smallest absolute Gasteiger partial charge is 0.259 e. The van der Waals surface area contributed by atoms with E-state index in [-0.39, 0.29) is 5.56 Å². The molecule has 0 spiro atoms. The Hall–Kier alpha value is -3.78. The molecule has 0 saturated heterocycles. The number of benzene rings is 2. The highest BCUT2D eigenvalue weighted by Gasteiger charge is 2.41. The van der Waals surface area contributed by atoms with E-state index in [4.69, 9.17) is 4.52 Å². The molecule has 0 unspecified atom stereocenters. The molecule has 35 heavy (non-hydrogen) atoms. The molecule has 0 aliphatic heterocycles. The molecule has 0 bridgehead atoms. The summed E-state index contributed by atoms with van der Waals surface area (Å²) in [6.07, 6.45) is 7.38. The number of pyridine rings is 1. The van der Waals surface area contributed by atoms with Crippen molar-refractivity contribution in [2.75, 3.05) is 10.0 Å². The van der Waals surface area contributed by atoms with E-state index in [2.05, 4.69) is 69.4 Å². The maximum atomic E-state index is 11.2. The molecule has 8 heteroatoms. The van der Waals surface area contributed by atoms with E-state index in [0.29, 0.717) is 22.7 Å². The first-order valence-electron chi connectivity index (χ1n) is 11.7. The largest absolute Gasteiger partial charge is 0.359 e. The second-order valence-corrected chi connectivity index (χ2v) is 9.77. The standard InChI is InChI=1S/C27H27N5O2S/c1-3-5-23(27(2)14-15-27)29-20-6-4-7-21(16-20)32-35-22-11-8-18(9-12-22)25-30-26(34-31-25)19-10-13-24(33)28-17-19/h4-13,16-17,29,32H,3,14-15H2,1-2H3,(H,28,33)/b23-5-. The predicted molar refractivity (Wildman–Crippen MR) is 141 cm³/mol. The SMILES string of the molecule is CC/C=C(\Nc1cccc(NSc2ccc(-c3noc(-c4ccc(=O)[nH]c4)n3)cc2)c1)C1(C)CC1. The zero-order chi connectivity index (χ0) is 24.3. The van der Waals surface area contributed by atoms with Crippen LogP contribution < -0.4 is 15.6 Å². The van der Waals surface area contributed by atoms with Crippen LogP contribution in [0, 0.1) is 5.41 Å². The zero-order valence-corrected chi connectivity index (χ0v) is 20.5. The van der Waals surface area contributed by atoms with Crippen LogP contribution in [0.2, 0.25) is 0 Å². The first-order chi connectivity index (χ1) is 17.0. The van der Waals surface area contributed by atoms with Gasteiger partial charge in [0.25, 0.3) is 5.89 Å². The van der Waals surface area contributed by atoms with E-state index in [1.165, 1.54) is 24.6 Å². The van der Waals surface area contributed by atoms with Gasteiger partial charge in [-0.15, -0.1) is 0 Å². The molecule has 1 fully saturated rings. The summed E-state index contributed by atoms with van der Waals surface area (Å²) in [4.78, 5) is 19.4. The fraction of sp³-hybridized carbons (Fsp3) is 0.222. The molecule has 4 aromatic rings. The van der Waals surface area contributed by atoms with Crippen molar-refractivity contribution in [3.8, 4) is 22.8 Å². The summed E-state index contributed by atoms with van der Waals surface area (Å²) in [5.41, 5.74) is 5.09. The van der Waals surface area contributed by atoms with Gasteiger partial charge in [-0.1, -0.05) is 31.1 Å². The molecule has 0 radical (unpaired) electrons. The first-order valence-corrected chi connectivity index (χ1v) is 12.5. The highest BCUT2D eigenvalue weighted by Crippen LogP contribution is 2.51. The Kier molecular flexibility index (Phi) is 6.46. The van der Waals surface area contributed by atoms with Gasteiger partial charge in [-0.05, 0) is 79.7 Å². The molecule has 2 heterocycles. The minimum absolute atomic E-state index is 0.177. The number of aromatic amines is 1. The Bertz CT molecular complexity index is 1380. The fourth-order valence-electron chi connectivity index (χ4n) is 3.72. The lowest BCUT2D eigenvalue weighted by molar-refractivity contribution is 0.432. The van der Waals surface area contributed by atoms with Gasteiger partial charge in [-0.25, -0.2) is 0 Å². The number of nitrogens with zero attached hydrogens (tertiary/aromatic N) is 2. The van der Waals surface area contributed by atoms with Crippen molar-refractivity contribution < 1.29 is 4.52 Å². The van der Waals surface area contributed by atoms with Crippen molar-refractivity contribution in [1.29, 1.82) is 0 Å². The van der Waals surface area contributed by atoms with Gasteiger partial charge >= 0.3 is 0 Å². The Morgan fingerprint density at radius 3 is 2.60 bits per heavy atom. The number of H-pyrrole nitrogens is 1. The molecule has 2 aromatic carbocycles. The maximum absolute atomic E-state index is 11.2. The van der Waals surface area contributed by atoms with Crippen LogP contribution in [0.1, 0.15) is 33.1 Å². The summed E-state index contributed by atoms with van der Waals surface area (Å²) in [6, 6.07) is 19.4. The van der Waals surface area contributed by atoms with Crippen molar-refractivity contribution >= 4 is 23.3 Å². The van der Waals surface area contributed by atoms with Crippen LogP contribution in [0.5, 0.6) is 0 Å². The Labute approximate surface area is 208 Å². The Balaban J connectivity index is 1.21. The van der Waals surface area contributed by atoms with E-state index in [1.807, 2.05) is 24.3 Å². The molecule has 3 N–H and O–H groups in total. The van der Waals surface area contributed by atoms with Crippen LogP contribution in [0.4, 0.5) is 11.4 Å². The predicted octanol–water partition coefficient (Wildman–Crippen LogP) is 6.72. The zero-order valence-electron chi connectivity index (χ0n) is 19.7. The summed E-state index contributed by atoms with van der Waals surface area (Å²) in [7, 11) is 0. The number of anilines is 2. The maximum Gasteiger partial charge on any atom is 0.259 e. The van der Waals surface area contributed by atoms with Crippen LogP contribution in [0.15, 0.2) is 92.8 Å². The van der Waals surface area contributed by atoms with E-state index in [0.717, 1.165) is 28.3 Å². The molecule has 7 nitrogen and oxygen atoms in total. The van der Waals surface area contributed by atoms with Crippen molar-refractivity contribution in [2.45, 2.75) is 38.0 Å². The van der Waals surface area contributed by atoms with Crippen LogP contribution >= 0.6 is 11.9 Å². The fourth-order valence-corrected chi connectivity index (χ4v) is 4.35. The van der Waals surface area contributed by atoms with Crippen molar-refractivity contribution in [1.82, 2.24) is 15.1 Å². The summed E-state index contributed by atoms with van der Waals surface area (Å²) >= 11 is 1.55. The molecule has 1 aliphatic rings. The molecule has 0 atom stereocenters. The molecular weight excluding hydrogens is 458 g/mol. The third-order valence-corrected chi connectivity index (χ3v) is 6.90.